The third-order valence-electron chi connectivity index (χ3n) is 4.06. The number of hydrogen-bond acceptors (Lipinski definition) is 5. The van der Waals surface area contributed by atoms with Crippen molar-refractivity contribution in [3.05, 3.63) is 65.8 Å². The second-order valence-electron chi connectivity index (χ2n) is 5.70. The number of pyridine rings is 1. The summed E-state index contributed by atoms with van der Waals surface area (Å²) in [6.45, 7) is 0.530. The van der Waals surface area contributed by atoms with Crippen LogP contribution < -0.4 is 0 Å². The van der Waals surface area contributed by atoms with Gasteiger partial charge in [0.15, 0.2) is 0 Å². The lowest BCUT2D eigenvalue weighted by Gasteiger charge is -2.37. The second kappa shape index (κ2) is 6.04. The predicted molar refractivity (Wildman–Crippen MR) is 82.5 cm³/mol. The van der Waals surface area contributed by atoms with Gasteiger partial charge in [-0.15, -0.1) is 0 Å². The number of likely N-dealkylation sites (tertiary alicyclic amines) is 1. The van der Waals surface area contributed by atoms with Crippen LogP contribution in [0.5, 0.6) is 0 Å². The SMILES string of the molecule is O=C(c1c(F)cccc1F)N1CC(c2nc(-c3cccnc3)no2)C1. The molecule has 8 heteroatoms. The van der Waals surface area contributed by atoms with Crippen LogP contribution in [0, 0.1) is 11.6 Å². The molecule has 0 bridgehead atoms. The second-order valence-corrected chi connectivity index (χ2v) is 5.70. The fourth-order valence-corrected chi connectivity index (χ4v) is 2.67. The van der Waals surface area contributed by atoms with Crippen LogP contribution in [0.3, 0.4) is 0 Å². The molecule has 1 aliphatic heterocycles. The first-order chi connectivity index (χ1) is 12.1. The molecule has 1 saturated heterocycles. The molecule has 0 radical (unpaired) electrons. The van der Waals surface area contributed by atoms with Crippen LogP contribution in [0.4, 0.5) is 8.78 Å². The Morgan fingerprint density at radius 1 is 1.16 bits per heavy atom. The number of nitrogens with zero attached hydrogens (tertiary/aromatic N) is 4. The summed E-state index contributed by atoms with van der Waals surface area (Å²) in [5.74, 6) is -1.78. The zero-order valence-electron chi connectivity index (χ0n) is 12.9. The maximum atomic E-state index is 13.7. The zero-order chi connectivity index (χ0) is 17.4. The molecule has 1 aromatic carbocycles. The number of halogens is 2. The van der Waals surface area contributed by atoms with Gasteiger partial charge < -0.3 is 9.42 Å². The first-order valence-electron chi connectivity index (χ1n) is 7.61. The highest BCUT2D eigenvalue weighted by atomic mass is 19.1. The van der Waals surface area contributed by atoms with E-state index in [9.17, 15) is 13.6 Å². The molecular formula is C17H12F2N4O2. The number of amides is 1. The van der Waals surface area contributed by atoms with E-state index in [0.29, 0.717) is 11.7 Å². The minimum Gasteiger partial charge on any atom is -0.339 e. The average molecular weight is 342 g/mol. The summed E-state index contributed by atoms with van der Waals surface area (Å²) in [5.41, 5.74) is 0.181. The van der Waals surface area contributed by atoms with Crippen molar-refractivity contribution in [1.29, 1.82) is 0 Å². The molecule has 3 aromatic rings. The van der Waals surface area contributed by atoms with Gasteiger partial charge in [0.2, 0.25) is 11.7 Å². The molecule has 3 heterocycles. The van der Waals surface area contributed by atoms with E-state index in [0.717, 1.165) is 17.7 Å². The summed E-state index contributed by atoms with van der Waals surface area (Å²) in [5, 5.41) is 3.90. The Balaban J connectivity index is 1.46. The van der Waals surface area contributed by atoms with Gasteiger partial charge in [0.05, 0.1) is 5.92 Å². The maximum Gasteiger partial charge on any atom is 0.259 e. The standard InChI is InChI=1S/C17H12F2N4O2/c18-12-4-1-5-13(19)14(12)17(24)23-8-11(9-23)16-21-15(22-25-16)10-3-2-6-20-7-10/h1-7,11H,8-9H2. The van der Waals surface area contributed by atoms with E-state index >= 15 is 0 Å². The molecule has 0 unspecified atom stereocenters. The lowest BCUT2D eigenvalue weighted by Crippen LogP contribution is -2.49. The van der Waals surface area contributed by atoms with Crippen molar-refractivity contribution in [3.63, 3.8) is 0 Å². The summed E-state index contributed by atoms with van der Waals surface area (Å²) in [6.07, 6.45) is 3.26. The maximum absolute atomic E-state index is 13.7. The Hall–Kier alpha value is -3.16. The van der Waals surface area contributed by atoms with Crippen molar-refractivity contribution in [2.75, 3.05) is 13.1 Å². The van der Waals surface area contributed by atoms with Gasteiger partial charge in [-0.2, -0.15) is 4.98 Å². The van der Waals surface area contributed by atoms with Crippen molar-refractivity contribution in [2.24, 2.45) is 0 Å². The first-order valence-corrected chi connectivity index (χ1v) is 7.61. The summed E-state index contributed by atoms with van der Waals surface area (Å²) in [7, 11) is 0. The van der Waals surface area contributed by atoms with Crippen LogP contribution >= 0.6 is 0 Å². The van der Waals surface area contributed by atoms with E-state index in [1.807, 2.05) is 0 Å². The van der Waals surface area contributed by atoms with Crippen LogP contribution in [-0.2, 0) is 0 Å². The fourth-order valence-electron chi connectivity index (χ4n) is 2.67. The smallest absolute Gasteiger partial charge is 0.259 e. The lowest BCUT2D eigenvalue weighted by atomic mass is 9.98. The lowest BCUT2D eigenvalue weighted by molar-refractivity contribution is 0.0559. The molecule has 2 aromatic heterocycles. The third-order valence-corrected chi connectivity index (χ3v) is 4.06. The van der Waals surface area contributed by atoms with Gasteiger partial charge >= 0.3 is 0 Å². The Bertz CT molecular complexity index is 903. The highest BCUT2D eigenvalue weighted by Crippen LogP contribution is 2.29. The third kappa shape index (κ3) is 2.75. The van der Waals surface area contributed by atoms with Crippen molar-refractivity contribution in [2.45, 2.75) is 5.92 Å². The summed E-state index contributed by atoms with van der Waals surface area (Å²) in [4.78, 5) is 21.9. The number of carbonyl (C=O) groups is 1. The van der Waals surface area contributed by atoms with Crippen molar-refractivity contribution in [3.8, 4) is 11.4 Å². The van der Waals surface area contributed by atoms with Gasteiger partial charge in [0.25, 0.3) is 5.91 Å². The topological polar surface area (TPSA) is 72.1 Å². The van der Waals surface area contributed by atoms with Crippen molar-refractivity contribution < 1.29 is 18.1 Å². The Kier molecular flexibility index (Phi) is 3.72. The molecule has 4 rings (SSSR count). The van der Waals surface area contributed by atoms with E-state index in [4.69, 9.17) is 4.52 Å². The highest BCUT2D eigenvalue weighted by molar-refractivity contribution is 5.95. The van der Waals surface area contributed by atoms with Gasteiger partial charge in [-0.05, 0) is 24.3 Å². The minimum absolute atomic E-state index is 0.156. The molecule has 1 amide bonds. The normalized spacial score (nSPS) is 14.4. The van der Waals surface area contributed by atoms with Crippen LogP contribution in [0.25, 0.3) is 11.4 Å². The van der Waals surface area contributed by atoms with Gasteiger partial charge in [-0.1, -0.05) is 11.2 Å². The largest absolute Gasteiger partial charge is 0.339 e. The van der Waals surface area contributed by atoms with E-state index < -0.39 is 23.1 Å². The van der Waals surface area contributed by atoms with Gasteiger partial charge in [-0.3, -0.25) is 9.78 Å². The van der Waals surface area contributed by atoms with Crippen molar-refractivity contribution >= 4 is 5.91 Å². The molecule has 126 valence electrons. The van der Waals surface area contributed by atoms with E-state index in [2.05, 4.69) is 15.1 Å². The molecule has 25 heavy (non-hydrogen) atoms. The molecule has 0 N–H and O–H groups in total. The Morgan fingerprint density at radius 2 is 1.92 bits per heavy atom. The predicted octanol–water partition coefficient (Wildman–Crippen LogP) is 2.65. The highest BCUT2D eigenvalue weighted by Gasteiger charge is 2.37. The van der Waals surface area contributed by atoms with Gasteiger partial charge in [0.1, 0.15) is 17.2 Å². The number of benzene rings is 1. The molecule has 1 aliphatic rings. The number of aromatic nitrogens is 3. The van der Waals surface area contributed by atoms with Gasteiger partial charge in [-0.25, -0.2) is 8.78 Å². The molecule has 1 fully saturated rings. The van der Waals surface area contributed by atoms with Crippen LogP contribution in [0.15, 0.2) is 47.2 Å². The van der Waals surface area contributed by atoms with E-state index in [1.54, 1.807) is 24.5 Å². The number of hydrogen-bond donors (Lipinski definition) is 0. The molecule has 6 nitrogen and oxygen atoms in total. The Morgan fingerprint density at radius 3 is 2.60 bits per heavy atom. The van der Waals surface area contributed by atoms with Crippen LogP contribution in [-0.4, -0.2) is 39.0 Å². The zero-order valence-corrected chi connectivity index (χ0v) is 12.9. The van der Waals surface area contributed by atoms with E-state index in [-0.39, 0.29) is 19.0 Å². The quantitative estimate of drug-likeness (QED) is 0.732. The van der Waals surface area contributed by atoms with E-state index in [1.165, 1.54) is 11.0 Å². The molecule has 0 spiro atoms. The summed E-state index contributed by atoms with van der Waals surface area (Å²) < 4.78 is 32.6. The van der Waals surface area contributed by atoms with Crippen molar-refractivity contribution in [1.82, 2.24) is 20.0 Å². The summed E-state index contributed by atoms with van der Waals surface area (Å²) in [6, 6.07) is 6.91. The molecule has 0 atom stereocenters. The van der Waals surface area contributed by atoms with Crippen LogP contribution in [0.1, 0.15) is 22.2 Å². The van der Waals surface area contributed by atoms with Gasteiger partial charge in [0, 0.05) is 31.0 Å². The monoisotopic (exact) mass is 342 g/mol. The fraction of sp³-hybridized carbons (Fsp3) is 0.176. The number of carbonyl (C=O) groups excluding carboxylic acids is 1. The molecular weight excluding hydrogens is 330 g/mol. The summed E-state index contributed by atoms with van der Waals surface area (Å²) >= 11 is 0. The Labute approximate surface area is 141 Å². The molecule has 0 aliphatic carbocycles. The number of rotatable bonds is 3. The molecule has 0 saturated carbocycles. The minimum atomic E-state index is -0.870. The van der Waals surface area contributed by atoms with Crippen LogP contribution in [0.2, 0.25) is 0 Å². The average Bonchev–Trinajstić information content (AvgIpc) is 3.04. The first kappa shape index (κ1) is 15.4.